The number of benzene rings is 1. The molecule has 1 aliphatic rings. The lowest BCUT2D eigenvalue weighted by Crippen LogP contribution is -2.13. The van der Waals surface area contributed by atoms with Crippen molar-refractivity contribution in [2.45, 2.75) is 32.1 Å². The second-order valence-corrected chi connectivity index (χ2v) is 6.99. The molecule has 0 aromatic heterocycles. The minimum Gasteiger partial charge on any atom is -0.512 e. The summed E-state index contributed by atoms with van der Waals surface area (Å²) in [4.78, 5) is 18.1. The van der Waals surface area contributed by atoms with Gasteiger partial charge in [-0.2, -0.15) is 4.76 Å². The Balaban J connectivity index is 2.18. The van der Waals surface area contributed by atoms with Crippen LogP contribution in [0.3, 0.4) is 0 Å². The Kier molecular flexibility index (Phi) is 5.49. The van der Waals surface area contributed by atoms with E-state index in [2.05, 4.69) is 4.76 Å². The molecule has 0 saturated heterocycles. The molecule has 1 aliphatic carbocycles. The molecule has 0 radical (unpaired) electrons. The number of phenols is 1. The van der Waals surface area contributed by atoms with Crippen LogP contribution in [0.15, 0.2) is 52.2 Å². The van der Waals surface area contributed by atoms with Crippen LogP contribution in [0.4, 0.5) is 0 Å². The van der Waals surface area contributed by atoms with Gasteiger partial charge in [0.25, 0.3) is 0 Å². The quantitative estimate of drug-likeness (QED) is 0.515. The Morgan fingerprint density at radius 2 is 1.79 bits per heavy atom. The van der Waals surface area contributed by atoms with E-state index < -0.39 is 7.75 Å². The fourth-order valence-electron chi connectivity index (χ4n) is 2.58. The summed E-state index contributed by atoms with van der Waals surface area (Å²) in [5.41, 5.74) is 1.32. The molecule has 1 aromatic rings. The van der Waals surface area contributed by atoms with Gasteiger partial charge in [-0.05, 0) is 36.5 Å². The molecular weight excluding hydrogens is 333 g/mol. The van der Waals surface area contributed by atoms with Crippen molar-refractivity contribution in [1.29, 1.82) is 0 Å². The van der Waals surface area contributed by atoms with Crippen molar-refractivity contribution in [3.8, 4) is 5.75 Å². The number of hydrogen-bond acceptors (Lipinski definition) is 4. The number of aromatic hydroxyl groups is 1. The molecule has 0 bridgehead atoms. The Labute approximate surface area is 139 Å². The van der Waals surface area contributed by atoms with Gasteiger partial charge in [0.2, 0.25) is 0 Å². The molecule has 0 saturated carbocycles. The summed E-state index contributed by atoms with van der Waals surface area (Å²) in [6.45, 7) is 1.97. The molecule has 1 atom stereocenters. The minimum absolute atomic E-state index is 0.00117. The van der Waals surface area contributed by atoms with E-state index in [9.17, 15) is 19.9 Å². The van der Waals surface area contributed by atoms with E-state index in [-0.39, 0.29) is 35.3 Å². The molecule has 2 rings (SSSR count). The third kappa shape index (κ3) is 4.96. The Bertz CT molecular complexity index is 744. The molecule has 0 spiro atoms. The molecular formula is C16H20NO6P. The lowest BCUT2D eigenvalue weighted by Gasteiger charge is -2.19. The van der Waals surface area contributed by atoms with Gasteiger partial charge in [0.1, 0.15) is 17.3 Å². The van der Waals surface area contributed by atoms with Crippen LogP contribution in [0.25, 0.3) is 0 Å². The first kappa shape index (κ1) is 18.3. The fraction of sp³-hybridized carbons (Fsp3) is 0.312. The molecule has 7 nitrogen and oxygen atoms in total. The predicted octanol–water partition coefficient (Wildman–Crippen LogP) is 3.47. The van der Waals surface area contributed by atoms with Crippen molar-refractivity contribution >= 4 is 13.5 Å². The summed E-state index contributed by atoms with van der Waals surface area (Å²) in [5.74, 6) is -0.157. The zero-order chi connectivity index (χ0) is 17.9. The molecule has 24 heavy (non-hydrogen) atoms. The number of phenolic OH excluding ortho intramolecular Hbond substituents is 1. The van der Waals surface area contributed by atoms with E-state index in [1.54, 1.807) is 24.3 Å². The van der Waals surface area contributed by atoms with Gasteiger partial charge in [-0.15, -0.1) is 0 Å². The maximum Gasteiger partial charge on any atom is 0.448 e. The van der Waals surface area contributed by atoms with Crippen LogP contribution in [-0.4, -0.2) is 30.8 Å². The normalized spacial score (nSPS) is 18.6. The predicted molar refractivity (Wildman–Crippen MR) is 90.2 cm³/mol. The van der Waals surface area contributed by atoms with Crippen LogP contribution >= 0.6 is 7.75 Å². The largest absolute Gasteiger partial charge is 0.512 e. The van der Waals surface area contributed by atoms with E-state index in [1.807, 2.05) is 6.92 Å². The van der Waals surface area contributed by atoms with Crippen LogP contribution in [0, 0.1) is 0 Å². The van der Waals surface area contributed by atoms with Gasteiger partial charge >= 0.3 is 7.75 Å². The minimum atomic E-state index is -4.66. The molecule has 0 fully saturated rings. The van der Waals surface area contributed by atoms with Crippen LogP contribution < -0.4 is 0 Å². The van der Waals surface area contributed by atoms with Gasteiger partial charge in [-0.3, -0.25) is 0 Å². The number of hydrogen-bond donors (Lipinski definition) is 5. The van der Waals surface area contributed by atoms with Gasteiger partial charge in [-0.1, -0.05) is 19.1 Å². The van der Waals surface area contributed by atoms with E-state index in [0.717, 1.165) is 5.56 Å². The first-order chi connectivity index (χ1) is 11.2. The van der Waals surface area contributed by atoms with Crippen molar-refractivity contribution in [3.63, 3.8) is 0 Å². The van der Waals surface area contributed by atoms with Crippen LogP contribution in [0.5, 0.6) is 5.75 Å². The molecule has 1 unspecified atom stereocenters. The standard InChI is InChI=1S/C16H20NO6P/c1-10(11-3-5-12(18)6-4-11)2-7-14-15(17-24(21,22)23)8-13(19)9-16(14)20/h3-6,9-10,18-20H,2,7-8H2,1H3,(H2,21,22,23). The summed E-state index contributed by atoms with van der Waals surface area (Å²) in [5, 5.41) is 28.9. The number of aliphatic hydroxyl groups excluding tert-OH is 2. The van der Waals surface area contributed by atoms with Crippen molar-refractivity contribution in [2.75, 3.05) is 0 Å². The fourth-order valence-corrected chi connectivity index (χ4v) is 3.08. The van der Waals surface area contributed by atoms with Gasteiger partial charge in [0.05, 0.1) is 5.71 Å². The average Bonchev–Trinajstić information content (AvgIpc) is 2.45. The Hall–Kier alpha value is -2.08. The van der Waals surface area contributed by atoms with E-state index in [0.29, 0.717) is 18.4 Å². The van der Waals surface area contributed by atoms with Gasteiger partial charge < -0.3 is 25.1 Å². The lowest BCUT2D eigenvalue weighted by molar-refractivity contribution is 0.373. The molecule has 130 valence electrons. The first-order valence-corrected chi connectivity index (χ1v) is 8.98. The van der Waals surface area contributed by atoms with Crippen LogP contribution in [-0.2, 0) is 4.57 Å². The lowest BCUT2D eigenvalue weighted by atomic mass is 9.89. The third-order valence-corrected chi connectivity index (χ3v) is 4.35. The summed E-state index contributed by atoms with van der Waals surface area (Å²) in [6.07, 6.45) is 1.98. The number of rotatable bonds is 5. The van der Waals surface area contributed by atoms with Gasteiger partial charge in [0, 0.05) is 18.1 Å². The highest BCUT2D eigenvalue weighted by atomic mass is 31.2. The van der Waals surface area contributed by atoms with Crippen LogP contribution in [0.1, 0.15) is 37.7 Å². The maximum absolute atomic E-state index is 11.1. The average molecular weight is 353 g/mol. The van der Waals surface area contributed by atoms with Crippen molar-refractivity contribution < 1.29 is 29.7 Å². The number of nitrogens with zero attached hydrogens (tertiary/aromatic N) is 1. The Morgan fingerprint density at radius 1 is 1.17 bits per heavy atom. The van der Waals surface area contributed by atoms with E-state index in [1.165, 1.54) is 6.08 Å². The molecule has 0 heterocycles. The molecule has 8 heteroatoms. The summed E-state index contributed by atoms with van der Waals surface area (Å²) >= 11 is 0. The topological polar surface area (TPSA) is 131 Å². The molecule has 1 aromatic carbocycles. The highest BCUT2D eigenvalue weighted by Gasteiger charge is 2.23. The third-order valence-electron chi connectivity index (χ3n) is 3.85. The molecule has 0 amide bonds. The van der Waals surface area contributed by atoms with Crippen molar-refractivity contribution in [2.24, 2.45) is 4.76 Å². The number of aliphatic hydroxyl groups is 2. The van der Waals surface area contributed by atoms with Crippen LogP contribution in [0.2, 0.25) is 0 Å². The van der Waals surface area contributed by atoms with Crippen molar-refractivity contribution in [3.05, 3.63) is 53.0 Å². The van der Waals surface area contributed by atoms with Crippen molar-refractivity contribution in [1.82, 2.24) is 0 Å². The molecule has 0 aliphatic heterocycles. The Morgan fingerprint density at radius 3 is 2.38 bits per heavy atom. The highest BCUT2D eigenvalue weighted by molar-refractivity contribution is 7.50. The zero-order valence-electron chi connectivity index (χ0n) is 13.1. The second-order valence-electron chi connectivity index (χ2n) is 5.77. The maximum atomic E-state index is 11.1. The SMILES string of the molecule is CC(CCC1=C(O)C=C(O)CC1=NP(=O)(O)O)c1ccc(O)cc1. The van der Waals surface area contributed by atoms with Gasteiger partial charge in [0.15, 0.2) is 0 Å². The monoisotopic (exact) mass is 353 g/mol. The smallest absolute Gasteiger partial charge is 0.448 e. The van der Waals surface area contributed by atoms with E-state index in [4.69, 9.17) is 9.79 Å². The zero-order valence-corrected chi connectivity index (χ0v) is 14.0. The summed E-state index contributed by atoms with van der Waals surface area (Å²) in [6, 6.07) is 6.77. The second kappa shape index (κ2) is 7.21. The van der Waals surface area contributed by atoms with Gasteiger partial charge in [-0.25, -0.2) is 4.57 Å². The highest BCUT2D eigenvalue weighted by Crippen LogP contribution is 2.39. The van der Waals surface area contributed by atoms with E-state index >= 15 is 0 Å². The first-order valence-electron chi connectivity index (χ1n) is 7.41. The molecule has 5 N–H and O–H groups in total. The number of allylic oxidation sites excluding steroid dienone is 3. The summed E-state index contributed by atoms with van der Waals surface area (Å²) < 4.78 is 14.5. The summed E-state index contributed by atoms with van der Waals surface area (Å²) in [7, 11) is -4.66.